The highest BCUT2D eigenvalue weighted by Crippen LogP contribution is 2.18. The number of nitrogens with zero attached hydrogens (tertiary/aromatic N) is 3. The molecule has 6 nitrogen and oxygen atoms in total. The molecular weight excluding hydrogens is 254 g/mol. The van der Waals surface area contributed by atoms with Crippen LogP contribution in [0.3, 0.4) is 0 Å². The molecule has 0 aromatic carbocycles. The summed E-state index contributed by atoms with van der Waals surface area (Å²) in [6.07, 6.45) is 0.778. The number of thioether (sulfide) groups is 1. The first-order chi connectivity index (χ1) is 8.58. The third-order valence-electron chi connectivity index (χ3n) is 2.38. The summed E-state index contributed by atoms with van der Waals surface area (Å²) in [5, 5.41) is 17.5. The van der Waals surface area contributed by atoms with E-state index in [0.717, 1.165) is 18.8 Å². The van der Waals surface area contributed by atoms with Gasteiger partial charge in [0.25, 0.3) is 0 Å². The maximum atomic E-state index is 10.6. The highest BCUT2D eigenvalue weighted by molar-refractivity contribution is 7.99. The van der Waals surface area contributed by atoms with E-state index in [0.29, 0.717) is 17.7 Å². The number of carbonyl (C=O) groups is 1. The predicted octanol–water partition coefficient (Wildman–Crippen LogP) is 1.30. The van der Waals surface area contributed by atoms with Crippen LogP contribution in [0, 0.1) is 5.92 Å². The summed E-state index contributed by atoms with van der Waals surface area (Å²) in [7, 11) is 1.67. The van der Waals surface area contributed by atoms with Crippen molar-refractivity contribution in [3.8, 4) is 0 Å². The van der Waals surface area contributed by atoms with Gasteiger partial charge in [0.05, 0.1) is 12.4 Å². The highest BCUT2D eigenvalue weighted by Gasteiger charge is 2.15. The molecule has 1 unspecified atom stereocenters. The number of aryl methyl sites for hydroxylation is 1. The van der Waals surface area contributed by atoms with Gasteiger partial charge in [-0.3, -0.25) is 4.79 Å². The molecule has 1 aromatic rings. The number of hydrogen-bond acceptors (Lipinski definition) is 5. The number of methoxy groups -OCH3 is 1. The van der Waals surface area contributed by atoms with E-state index in [-0.39, 0.29) is 5.75 Å². The van der Waals surface area contributed by atoms with Crippen molar-refractivity contribution < 1.29 is 14.6 Å². The van der Waals surface area contributed by atoms with E-state index in [9.17, 15) is 4.79 Å². The molecule has 1 rings (SSSR count). The van der Waals surface area contributed by atoms with Gasteiger partial charge in [-0.2, -0.15) is 0 Å². The molecule has 0 amide bonds. The number of aliphatic carboxylic acids is 1. The Kier molecular flexibility index (Phi) is 6.14. The van der Waals surface area contributed by atoms with Crippen LogP contribution in [0.25, 0.3) is 0 Å². The van der Waals surface area contributed by atoms with E-state index in [2.05, 4.69) is 17.1 Å². The molecule has 0 aliphatic rings. The molecule has 0 aliphatic heterocycles. The molecule has 18 heavy (non-hydrogen) atoms. The molecule has 0 aliphatic carbocycles. The lowest BCUT2D eigenvalue weighted by molar-refractivity contribution is -0.133. The summed E-state index contributed by atoms with van der Waals surface area (Å²) in [5.41, 5.74) is 0. The van der Waals surface area contributed by atoms with Crippen molar-refractivity contribution >= 4 is 17.7 Å². The Labute approximate surface area is 111 Å². The van der Waals surface area contributed by atoms with Gasteiger partial charge in [0.1, 0.15) is 5.82 Å². The standard InChI is InChI=1S/C11H19N3O3S/c1-4-9-12-13-11(18-7-10(15)16)14(9)5-8(2)6-17-3/h8H,4-7H2,1-3H3,(H,15,16). The van der Waals surface area contributed by atoms with Gasteiger partial charge in [-0.15, -0.1) is 10.2 Å². The van der Waals surface area contributed by atoms with Crippen molar-refractivity contribution in [1.29, 1.82) is 0 Å². The normalized spacial score (nSPS) is 12.6. The van der Waals surface area contributed by atoms with E-state index >= 15 is 0 Å². The van der Waals surface area contributed by atoms with Gasteiger partial charge in [0, 0.05) is 20.1 Å². The fraction of sp³-hybridized carbons (Fsp3) is 0.727. The second-order valence-electron chi connectivity index (χ2n) is 4.11. The third kappa shape index (κ3) is 4.30. The summed E-state index contributed by atoms with van der Waals surface area (Å²) >= 11 is 1.20. The second kappa shape index (κ2) is 7.38. The third-order valence-corrected chi connectivity index (χ3v) is 3.33. The molecule has 7 heteroatoms. The zero-order valence-electron chi connectivity index (χ0n) is 10.9. The molecule has 1 N–H and O–H groups in total. The Bertz CT molecular complexity index is 395. The van der Waals surface area contributed by atoms with Gasteiger partial charge < -0.3 is 14.4 Å². The van der Waals surface area contributed by atoms with Crippen LogP contribution in [0.15, 0.2) is 5.16 Å². The van der Waals surface area contributed by atoms with Crippen LogP contribution < -0.4 is 0 Å². The minimum Gasteiger partial charge on any atom is -0.481 e. The first-order valence-electron chi connectivity index (χ1n) is 5.84. The fourth-order valence-corrected chi connectivity index (χ4v) is 2.33. The van der Waals surface area contributed by atoms with Gasteiger partial charge in [-0.05, 0) is 5.92 Å². The van der Waals surface area contributed by atoms with Gasteiger partial charge in [-0.1, -0.05) is 25.6 Å². The maximum absolute atomic E-state index is 10.6. The lowest BCUT2D eigenvalue weighted by Gasteiger charge is -2.14. The lowest BCUT2D eigenvalue weighted by Crippen LogP contribution is -2.15. The van der Waals surface area contributed by atoms with Crippen LogP contribution in [-0.4, -0.2) is 45.3 Å². The quantitative estimate of drug-likeness (QED) is 0.719. The van der Waals surface area contributed by atoms with Crippen molar-refractivity contribution in [2.24, 2.45) is 5.92 Å². The molecule has 0 radical (unpaired) electrons. The zero-order chi connectivity index (χ0) is 13.5. The summed E-state index contributed by atoms with van der Waals surface area (Å²) in [5.74, 6) is 0.365. The molecule has 1 aromatic heterocycles. The van der Waals surface area contributed by atoms with Crippen LogP contribution in [0.2, 0.25) is 0 Å². The van der Waals surface area contributed by atoms with E-state index in [1.54, 1.807) is 7.11 Å². The number of rotatable bonds is 8. The predicted molar refractivity (Wildman–Crippen MR) is 68.8 cm³/mol. The van der Waals surface area contributed by atoms with E-state index in [4.69, 9.17) is 9.84 Å². The molecule has 0 bridgehead atoms. The van der Waals surface area contributed by atoms with Gasteiger partial charge in [0.15, 0.2) is 5.16 Å². The molecule has 0 spiro atoms. The van der Waals surface area contributed by atoms with E-state index in [1.807, 2.05) is 11.5 Å². The van der Waals surface area contributed by atoms with Gasteiger partial charge >= 0.3 is 5.97 Å². The lowest BCUT2D eigenvalue weighted by atomic mass is 10.2. The summed E-state index contributed by atoms with van der Waals surface area (Å²) in [4.78, 5) is 10.6. The zero-order valence-corrected chi connectivity index (χ0v) is 11.7. The average Bonchev–Trinajstić information content (AvgIpc) is 2.69. The average molecular weight is 273 g/mol. The second-order valence-corrected chi connectivity index (χ2v) is 5.05. The van der Waals surface area contributed by atoms with Gasteiger partial charge in [0.2, 0.25) is 0 Å². The van der Waals surface area contributed by atoms with Crippen molar-refractivity contribution in [2.75, 3.05) is 19.5 Å². The fourth-order valence-electron chi connectivity index (χ4n) is 1.65. The Morgan fingerprint density at radius 2 is 2.28 bits per heavy atom. The monoisotopic (exact) mass is 273 g/mol. The largest absolute Gasteiger partial charge is 0.481 e. The minimum absolute atomic E-state index is 0.000502. The van der Waals surface area contributed by atoms with Crippen LogP contribution in [-0.2, 0) is 22.5 Å². The topological polar surface area (TPSA) is 77.2 Å². The van der Waals surface area contributed by atoms with Crippen LogP contribution in [0.4, 0.5) is 0 Å². The van der Waals surface area contributed by atoms with Crippen LogP contribution >= 0.6 is 11.8 Å². The van der Waals surface area contributed by atoms with Crippen molar-refractivity contribution in [1.82, 2.24) is 14.8 Å². The van der Waals surface area contributed by atoms with Crippen LogP contribution in [0.5, 0.6) is 0 Å². The molecule has 1 atom stereocenters. The smallest absolute Gasteiger partial charge is 0.313 e. The Morgan fingerprint density at radius 3 is 2.83 bits per heavy atom. The summed E-state index contributed by atoms with van der Waals surface area (Å²) < 4.78 is 7.09. The minimum atomic E-state index is -0.850. The molecule has 0 saturated carbocycles. The molecule has 1 heterocycles. The summed E-state index contributed by atoms with van der Waals surface area (Å²) in [6.45, 7) is 5.48. The van der Waals surface area contributed by atoms with Crippen molar-refractivity contribution in [2.45, 2.75) is 32.0 Å². The van der Waals surface area contributed by atoms with Crippen molar-refractivity contribution in [3.63, 3.8) is 0 Å². The number of carboxylic acids is 1. The Morgan fingerprint density at radius 1 is 1.56 bits per heavy atom. The van der Waals surface area contributed by atoms with Crippen LogP contribution in [0.1, 0.15) is 19.7 Å². The SMILES string of the molecule is CCc1nnc(SCC(=O)O)n1CC(C)COC. The van der Waals surface area contributed by atoms with E-state index < -0.39 is 5.97 Å². The van der Waals surface area contributed by atoms with Gasteiger partial charge in [-0.25, -0.2) is 0 Å². The Balaban J connectivity index is 2.77. The molecule has 102 valence electrons. The molecule has 0 fully saturated rings. The Hall–Kier alpha value is -1.08. The number of hydrogen-bond donors (Lipinski definition) is 1. The first kappa shape index (κ1) is 15.0. The van der Waals surface area contributed by atoms with Crippen molar-refractivity contribution in [3.05, 3.63) is 5.82 Å². The maximum Gasteiger partial charge on any atom is 0.313 e. The molecular formula is C11H19N3O3S. The number of carboxylic acid groups (broad SMARTS) is 1. The van der Waals surface area contributed by atoms with E-state index in [1.165, 1.54) is 11.8 Å². The highest BCUT2D eigenvalue weighted by atomic mass is 32.2. The summed E-state index contributed by atoms with van der Waals surface area (Å²) in [6, 6.07) is 0. The molecule has 0 saturated heterocycles. The number of aromatic nitrogens is 3. The number of ether oxygens (including phenoxy) is 1. The first-order valence-corrected chi connectivity index (χ1v) is 6.82.